The molecule has 1 heterocycles. The van der Waals surface area contributed by atoms with Crippen LogP contribution in [0.1, 0.15) is 48.7 Å². The molecule has 3 unspecified atom stereocenters. The Labute approximate surface area is 128 Å². The van der Waals surface area contributed by atoms with Crippen molar-refractivity contribution in [3.05, 3.63) is 29.1 Å². The van der Waals surface area contributed by atoms with E-state index < -0.39 is 9.84 Å². The Kier molecular flexibility index (Phi) is 5.04. The number of aryl methyl sites for hydroxylation is 2. The topological polar surface area (TPSA) is 59.1 Å². The van der Waals surface area contributed by atoms with E-state index in [1.807, 2.05) is 27.0 Å². The predicted octanol–water partition coefficient (Wildman–Crippen LogP) is 2.56. The van der Waals surface area contributed by atoms with Gasteiger partial charge in [-0.1, -0.05) is 12.5 Å². The molecule has 1 aliphatic carbocycles. The minimum absolute atomic E-state index is 0.183. The number of pyridine rings is 1. The predicted molar refractivity (Wildman–Crippen MR) is 86.1 cm³/mol. The third kappa shape index (κ3) is 3.83. The molecule has 4 nitrogen and oxygen atoms in total. The van der Waals surface area contributed by atoms with E-state index in [4.69, 9.17) is 0 Å². The quantitative estimate of drug-likeness (QED) is 0.928. The zero-order chi connectivity index (χ0) is 15.6. The van der Waals surface area contributed by atoms with Gasteiger partial charge >= 0.3 is 0 Å². The molecule has 5 heteroatoms. The van der Waals surface area contributed by atoms with Gasteiger partial charge in [0, 0.05) is 23.7 Å². The number of hydrogen-bond acceptors (Lipinski definition) is 4. The lowest BCUT2D eigenvalue weighted by molar-refractivity contribution is 0.281. The monoisotopic (exact) mass is 310 g/mol. The van der Waals surface area contributed by atoms with Gasteiger partial charge < -0.3 is 5.32 Å². The third-order valence-corrected chi connectivity index (χ3v) is 6.29. The first-order chi connectivity index (χ1) is 9.82. The summed E-state index contributed by atoms with van der Waals surface area (Å²) in [5, 5.41) is 3.20. The summed E-state index contributed by atoms with van der Waals surface area (Å²) < 4.78 is 23.7. The van der Waals surface area contributed by atoms with Crippen molar-refractivity contribution in [1.82, 2.24) is 10.3 Å². The molecule has 1 aliphatic rings. The van der Waals surface area contributed by atoms with E-state index in [-0.39, 0.29) is 11.3 Å². The van der Waals surface area contributed by atoms with Crippen molar-refractivity contribution >= 4 is 9.84 Å². The second-order valence-corrected chi connectivity index (χ2v) is 8.60. The molecule has 0 aliphatic heterocycles. The van der Waals surface area contributed by atoms with Crippen LogP contribution in [0.15, 0.2) is 12.1 Å². The van der Waals surface area contributed by atoms with E-state index in [9.17, 15) is 8.42 Å². The average Bonchev–Trinajstić information content (AvgIpc) is 2.41. The van der Waals surface area contributed by atoms with Gasteiger partial charge in [0.2, 0.25) is 0 Å². The van der Waals surface area contributed by atoms with Crippen molar-refractivity contribution in [1.29, 1.82) is 0 Å². The van der Waals surface area contributed by atoms with Gasteiger partial charge in [-0.25, -0.2) is 8.42 Å². The fourth-order valence-corrected chi connectivity index (χ4v) is 4.74. The lowest BCUT2D eigenvalue weighted by atomic mass is 9.80. The summed E-state index contributed by atoms with van der Waals surface area (Å²) in [6.07, 6.45) is 4.98. The highest BCUT2D eigenvalue weighted by Crippen LogP contribution is 2.37. The fourth-order valence-electron chi connectivity index (χ4n) is 3.54. The van der Waals surface area contributed by atoms with Crippen LogP contribution in [0.5, 0.6) is 0 Å². The van der Waals surface area contributed by atoms with E-state index >= 15 is 0 Å². The SMILES string of the molecule is CNC(c1ccc(C)nc1C)C1CCCC(S(C)(=O)=O)C1. The molecule has 1 fully saturated rings. The molecule has 1 aromatic rings. The summed E-state index contributed by atoms with van der Waals surface area (Å²) in [5.74, 6) is 0.353. The highest BCUT2D eigenvalue weighted by molar-refractivity contribution is 7.91. The second kappa shape index (κ2) is 6.44. The minimum Gasteiger partial charge on any atom is -0.313 e. The molecular weight excluding hydrogens is 284 g/mol. The summed E-state index contributed by atoms with van der Waals surface area (Å²) in [4.78, 5) is 4.55. The molecule has 118 valence electrons. The van der Waals surface area contributed by atoms with Crippen LogP contribution < -0.4 is 5.32 Å². The van der Waals surface area contributed by atoms with E-state index in [0.29, 0.717) is 5.92 Å². The standard InChI is InChI=1S/C16H26N2O2S/c1-11-8-9-15(12(2)18-11)16(17-3)13-6-5-7-14(10-13)21(4,19)20/h8-9,13-14,16-17H,5-7,10H2,1-4H3. The normalized spacial score (nSPS) is 24.8. The largest absolute Gasteiger partial charge is 0.313 e. The van der Waals surface area contributed by atoms with Crippen molar-refractivity contribution in [2.75, 3.05) is 13.3 Å². The second-order valence-electron chi connectivity index (χ2n) is 6.27. The Balaban J connectivity index is 2.24. The summed E-state index contributed by atoms with van der Waals surface area (Å²) in [7, 11) is -0.991. The van der Waals surface area contributed by atoms with Gasteiger partial charge in [0.25, 0.3) is 0 Å². The molecule has 0 saturated heterocycles. The molecule has 1 aromatic heterocycles. The van der Waals surface area contributed by atoms with Gasteiger partial charge in [-0.15, -0.1) is 0 Å². The maximum Gasteiger partial charge on any atom is 0.150 e. The Morgan fingerprint density at radius 2 is 2.00 bits per heavy atom. The molecule has 3 atom stereocenters. The van der Waals surface area contributed by atoms with Crippen molar-refractivity contribution in [3.8, 4) is 0 Å². The molecule has 0 aromatic carbocycles. The Bertz CT molecular complexity index is 598. The van der Waals surface area contributed by atoms with Gasteiger partial charge in [0.15, 0.2) is 0 Å². The summed E-state index contributed by atoms with van der Waals surface area (Å²) in [6, 6.07) is 4.34. The van der Waals surface area contributed by atoms with Crippen LogP contribution in [0, 0.1) is 19.8 Å². The maximum absolute atomic E-state index is 11.9. The van der Waals surface area contributed by atoms with E-state index in [0.717, 1.165) is 37.1 Å². The van der Waals surface area contributed by atoms with Crippen molar-refractivity contribution in [2.24, 2.45) is 5.92 Å². The Hall–Kier alpha value is -0.940. The number of sulfone groups is 1. The van der Waals surface area contributed by atoms with Crippen LogP contribution in [0.4, 0.5) is 0 Å². The first-order valence-electron chi connectivity index (χ1n) is 7.63. The number of hydrogen-bond donors (Lipinski definition) is 1. The highest BCUT2D eigenvalue weighted by Gasteiger charge is 2.33. The van der Waals surface area contributed by atoms with Crippen LogP contribution >= 0.6 is 0 Å². The lowest BCUT2D eigenvalue weighted by Gasteiger charge is -2.34. The van der Waals surface area contributed by atoms with Gasteiger partial charge in [-0.05, 0) is 57.7 Å². The molecule has 0 spiro atoms. The van der Waals surface area contributed by atoms with Crippen LogP contribution in [0.25, 0.3) is 0 Å². The number of aromatic nitrogens is 1. The van der Waals surface area contributed by atoms with Crippen molar-refractivity contribution in [2.45, 2.75) is 50.8 Å². The molecular formula is C16H26N2O2S. The van der Waals surface area contributed by atoms with Gasteiger partial charge in [-0.3, -0.25) is 4.98 Å². The van der Waals surface area contributed by atoms with Crippen LogP contribution in [0.2, 0.25) is 0 Å². The fraction of sp³-hybridized carbons (Fsp3) is 0.688. The minimum atomic E-state index is -2.94. The highest BCUT2D eigenvalue weighted by atomic mass is 32.2. The van der Waals surface area contributed by atoms with Gasteiger partial charge in [0.05, 0.1) is 5.25 Å². The number of rotatable bonds is 4. The van der Waals surface area contributed by atoms with E-state index in [1.165, 1.54) is 11.8 Å². The van der Waals surface area contributed by atoms with Crippen molar-refractivity contribution in [3.63, 3.8) is 0 Å². The van der Waals surface area contributed by atoms with Crippen LogP contribution in [-0.2, 0) is 9.84 Å². The first-order valence-corrected chi connectivity index (χ1v) is 9.58. The van der Waals surface area contributed by atoms with Gasteiger partial charge in [-0.2, -0.15) is 0 Å². The average molecular weight is 310 g/mol. The summed E-state index contributed by atoms with van der Waals surface area (Å²) >= 11 is 0. The summed E-state index contributed by atoms with van der Waals surface area (Å²) in [6.45, 7) is 4.02. The number of nitrogens with zero attached hydrogens (tertiary/aromatic N) is 1. The van der Waals surface area contributed by atoms with Gasteiger partial charge in [0.1, 0.15) is 9.84 Å². The Morgan fingerprint density at radius 3 is 2.57 bits per heavy atom. The molecule has 2 rings (SSSR count). The smallest absolute Gasteiger partial charge is 0.150 e. The zero-order valence-corrected chi connectivity index (χ0v) is 14.2. The van der Waals surface area contributed by atoms with Crippen LogP contribution in [0.3, 0.4) is 0 Å². The molecule has 0 amide bonds. The Morgan fingerprint density at radius 1 is 1.29 bits per heavy atom. The first kappa shape index (κ1) is 16.4. The molecule has 1 saturated carbocycles. The third-order valence-electron chi connectivity index (χ3n) is 4.66. The van der Waals surface area contributed by atoms with E-state index in [1.54, 1.807) is 0 Å². The summed E-state index contributed by atoms with van der Waals surface area (Å²) in [5.41, 5.74) is 3.25. The maximum atomic E-state index is 11.9. The molecule has 1 N–H and O–H groups in total. The van der Waals surface area contributed by atoms with Crippen LogP contribution in [-0.4, -0.2) is 32.0 Å². The molecule has 21 heavy (non-hydrogen) atoms. The van der Waals surface area contributed by atoms with E-state index in [2.05, 4.69) is 16.4 Å². The van der Waals surface area contributed by atoms with Crippen molar-refractivity contribution < 1.29 is 8.42 Å². The zero-order valence-electron chi connectivity index (χ0n) is 13.4. The lowest BCUT2D eigenvalue weighted by Crippen LogP contribution is -2.34. The number of nitrogens with one attached hydrogen (secondary N) is 1. The molecule has 0 bridgehead atoms. The molecule has 0 radical (unpaired) electrons.